The molecule has 2 aliphatic heterocycles. The maximum Gasteiger partial charge on any atom is 2.00 e. The van der Waals surface area contributed by atoms with E-state index in [2.05, 4.69) is 13.8 Å². The molecule has 2 rings (SSSR count). The standard InChI is InChI=1S/2C18H36O2.C12H22O11.Zn/c2*1-2-3-4-5-6-7-8-9-10-11-12-13-14-15-16-17-18(19)20;13-1-3-5(15)6(16)9(19)12(22-3)23-10-4(2-14)21-11(20)8(18)7(10)17;/h2*2-17H2,1H3,(H,19,20);3-20H,1-2H2;/q;;;+2/p-2/t;;3-,4-,5+,6+,7-,8-,9-,10-,11?,12+;/m..1./s1. The van der Waals surface area contributed by atoms with Gasteiger partial charge in [-0.2, -0.15) is 0 Å². The minimum absolute atomic E-state index is 0. The molecule has 0 aliphatic carbocycles. The summed E-state index contributed by atoms with van der Waals surface area (Å²) in [6.45, 7) is 3.19. The minimum atomic E-state index is -1.74. The average Bonchev–Trinajstić information content (AvgIpc) is 3.26. The predicted molar refractivity (Wildman–Crippen MR) is 238 cm³/mol. The second-order valence-electron chi connectivity index (χ2n) is 17.7. The molecular formula is C48H92O15Zn. The fourth-order valence-corrected chi connectivity index (χ4v) is 7.85. The Balaban J connectivity index is 0. The van der Waals surface area contributed by atoms with E-state index in [0.717, 1.165) is 25.7 Å². The van der Waals surface area contributed by atoms with Crippen molar-refractivity contribution in [3.05, 3.63) is 0 Å². The van der Waals surface area contributed by atoms with Gasteiger partial charge in [-0.25, -0.2) is 0 Å². The fraction of sp³-hybridized carbons (Fsp3) is 0.958. The van der Waals surface area contributed by atoms with Gasteiger partial charge in [0.05, 0.1) is 13.2 Å². The van der Waals surface area contributed by atoms with Crippen LogP contribution < -0.4 is 10.2 Å². The van der Waals surface area contributed by atoms with Gasteiger partial charge in [-0.1, -0.05) is 194 Å². The van der Waals surface area contributed by atoms with Gasteiger partial charge in [0.2, 0.25) is 0 Å². The van der Waals surface area contributed by atoms with E-state index < -0.39 is 86.6 Å². The summed E-state index contributed by atoms with van der Waals surface area (Å²) in [5, 5.41) is 96.9. The van der Waals surface area contributed by atoms with Gasteiger partial charge >= 0.3 is 19.5 Å². The summed E-state index contributed by atoms with van der Waals surface area (Å²) in [5.41, 5.74) is 0. The molecule has 16 heteroatoms. The molecule has 2 fully saturated rings. The maximum atomic E-state index is 10.2. The van der Waals surface area contributed by atoms with E-state index >= 15 is 0 Å². The molecule has 8 N–H and O–H groups in total. The van der Waals surface area contributed by atoms with Crippen molar-refractivity contribution in [1.29, 1.82) is 0 Å². The molecule has 2 saturated heterocycles. The van der Waals surface area contributed by atoms with Crippen molar-refractivity contribution >= 4 is 11.9 Å². The van der Waals surface area contributed by atoms with Gasteiger partial charge in [0.15, 0.2) is 12.6 Å². The Hall–Kier alpha value is -0.877. The number of carbonyl (C=O) groups is 2. The van der Waals surface area contributed by atoms with Crippen LogP contribution in [0.2, 0.25) is 0 Å². The molecule has 0 spiro atoms. The molecule has 10 atom stereocenters. The van der Waals surface area contributed by atoms with Crippen molar-refractivity contribution in [2.45, 2.75) is 281 Å². The van der Waals surface area contributed by atoms with Crippen LogP contribution in [0.4, 0.5) is 0 Å². The van der Waals surface area contributed by atoms with Crippen LogP contribution in [0, 0.1) is 0 Å². The molecule has 0 radical (unpaired) electrons. The summed E-state index contributed by atoms with van der Waals surface area (Å²) in [6.07, 6.45) is 24.1. The molecule has 15 nitrogen and oxygen atoms in total. The molecule has 64 heavy (non-hydrogen) atoms. The Morgan fingerprint density at radius 3 is 1.03 bits per heavy atom. The summed E-state index contributed by atoms with van der Waals surface area (Å²) in [7, 11) is 0. The zero-order valence-corrected chi connectivity index (χ0v) is 42.9. The van der Waals surface area contributed by atoms with Crippen LogP contribution >= 0.6 is 0 Å². The van der Waals surface area contributed by atoms with Crippen molar-refractivity contribution in [3.8, 4) is 0 Å². The Bertz CT molecular complexity index is 997. The third-order valence-corrected chi connectivity index (χ3v) is 11.9. The number of unbranched alkanes of at least 4 members (excludes halogenated alkanes) is 28. The van der Waals surface area contributed by atoms with Crippen LogP contribution in [0.1, 0.15) is 219 Å². The van der Waals surface area contributed by atoms with Crippen LogP contribution in [-0.4, -0.2) is 127 Å². The van der Waals surface area contributed by atoms with Crippen molar-refractivity contribution < 1.29 is 94.3 Å². The smallest absolute Gasteiger partial charge is 0.550 e. The van der Waals surface area contributed by atoms with E-state index in [-0.39, 0.29) is 32.3 Å². The topological polar surface area (TPSA) is 270 Å². The normalized spacial score (nSPS) is 25.3. The van der Waals surface area contributed by atoms with Gasteiger partial charge in [-0.3, -0.25) is 0 Å². The Morgan fingerprint density at radius 2 is 0.734 bits per heavy atom. The number of carboxylic acids is 2. The largest absolute Gasteiger partial charge is 2.00 e. The second-order valence-corrected chi connectivity index (χ2v) is 17.7. The van der Waals surface area contributed by atoms with E-state index in [9.17, 15) is 55.5 Å². The van der Waals surface area contributed by atoms with Gasteiger partial charge in [0.25, 0.3) is 0 Å². The number of carboxylic acid groups (broad SMARTS) is 2. The Kier molecular flexibility index (Phi) is 45.5. The van der Waals surface area contributed by atoms with Gasteiger partial charge in [0, 0.05) is 11.9 Å². The van der Waals surface area contributed by atoms with Crippen molar-refractivity contribution in [3.63, 3.8) is 0 Å². The Morgan fingerprint density at radius 1 is 0.422 bits per heavy atom. The molecule has 0 saturated carbocycles. The van der Waals surface area contributed by atoms with E-state index in [0.29, 0.717) is 0 Å². The van der Waals surface area contributed by atoms with E-state index in [1.165, 1.54) is 167 Å². The summed E-state index contributed by atoms with van der Waals surface area (Å²) in [6, 6.07) is 0. The van der Waals surface area contributed by atoms with Crippen LogP contribution in [0.3, 0.4) is 0 Å². The van der Waals surface area contributed by atoms with Gasteiger partial charge < -0.3 is 74.9 Å². The van der Waals surface area contributed by atoms with E-state index in [1.54, 1.807) is 0 Å². The van der Waals surface area contributed by atoms with Gasteiger partial charge in [0.1, 0.15) is 48.8 Å². The van der Waals surface area contributed by atoms with Crippen LogP contribution in [-0.2, 0) is 43.3 Å². The molecule has 0 aromatic rings. The zero-order valence-electron chi connectivity index (χ0n) is 40.0. The fourth-order valence-electron chi connectivity index (χ4n) is 7.85. The minimum Gasteiger partial charge on any atom is -0.550 e. The monoisotopic (exact) mass is 973 g/mol. The van der Waals surface area contributed by atoms with E-state index in [4.69, 9.17) is 19.3 Å². The number of hydrogen-bond donors (Lipinski definition) is 8. The number of carbonyl (C=O) groups excluding carboxylic acids is 2. The molecular weight excluding hydrogens is 882 g/mol. The number of aliphatic hydroxyl groups is 8. The van der Waals surface area contributed by atoms with Crippen LogP contribution in [0.15, 0.2) is 0 Å². The molecule has 1 unspecified atom stereocenters. The molecule has 0 aromatic carbocycles. The first-order valence-electron chi connectivity index (χ1n) is 25.0. The van der Waals surface area contributed by atoms with Crippen LogP contribution in [0.5, 0.6) is 0 Å². The molecule has 0 aromatic heterocycles. The molecule has 0 bridgehead atoms. The zero-order chi connectivity index (χ0) is 47.1. The molecule has 376 valence electrons. The van der Waals surface area contributed by atoms with Crippen molar-refractivity contribution in [2.24, 2.45) is 0 Å². The maximum absolute atomic E-state index is 10.2. The van der Waals surface area contributed by atoms with Gasteiger partial charge in [-0.15, -0.1) is 0 Å². The summed E-state index contributed by atoms with van der Waals surface area (Å²) in [4.78, 5) is 20.4. The summed E-state index contributed by atoms with van der Waals surface area (Å²) < 4.78 is 15.3. The third-order valence-electron chi connectivity index (χ3n) is 11.9. The Labute approximate surface area is 398 Å². The van der Waals surface area contributed by atoms with Crippen molar-refractivity contribution in [1.82, 2.24) is 0 Å². The predicted octanol–water partition coefficient (Wildman–Crippen LogP) is 4.60. The number of ether oxygens (including phenoxy) is 3. The second kappa shape index (κ2) is 44.6. The van der Waals surface area contributed by atoms with E-state index in [1.807, 2.05) is 0 Å². The number of aliphatic hydroxyl groups excluding tert-OH is 8. The quantitative estimate of drug-likeness (QED) is 0.0315. The third kappa shape index (κ3) is 33.6. The average molecular weight is 975 g/mol. The first kappa shape index (κ1) is 65.2. The van der Waals surface area contributed by atoms with Crippen molar-refractivity contribution in [2.75, 3.05) is 13.2 Å². The molecule has 2 heterocycles. The summed E-state index contributed by atoms with van der Waals surface area (Å²) >= 11 is 0. The first-order valence-corrected chi connectivity index (χ1v) is 25.0. The summed E-state index contributed by atoms with van der Waals surface area (Å²) in [5.74, 6) is -1.81. The SMILES string of the molecule is CCCCCCCCCCCCCCCCCC(=O)[O-].CCCCCCCCCCCCCCCCCC(=O)[O-].OC[C@H]1O[C@@H](O[C@H]2[C@H](O)[C@@H](O)C(O)O[C@@H]2CO)[C@H](O)[C@@H](O)[C@H]1O.[Zn+2]. The van der Waals surface area contributed by atoms with Gasteiger partial charge in [-0.05, 0) is 25.7 Å². The number of rotatable bonds is 36. The molecule has 0 amide bonds. The number of hydrogen-bond acceptors (Lipinski definition) is 15. The first-order chi connectivity index (χ1) is 30.4. The number of aliphatic carboxylic acids is 2. The van der Waals surface area contributed by atoms with Crippen LogP contribution in [0.25, 0.3) is 0 Å². The molecule has 2 aliphatic rings.